The van der Waals surface area contributed by atoms with E-state index in [1.807, 2.05) is 7.05 Å². The van der Waals surface area contributed by atoms with Gasteiger partial charge < -0.3 is 4.57 Å². The number of fused-ring (bicyclic) bond motifs is 1. The first kappa shape index (κ1) is 17.2. The van der Waals surface area contributed by atoms with Crippen molar-refractivity contribution in [3.63, 3.8) is 0 Å². The fourth-order valence-corrected chi connectivity index (χ4v) is 2.75. The maximum atomic E-state index is 12.0. The summed E-state index contributed by atoms with van der Waals surface area (Å²) >= 11 is 0. The Morgan fingerprint density at radius 3 is 2.57 bits per heavy atom. The minimum atomic E-state index is -0.428. The van der Waals surface area contributed by atoms with Gasteiger partial charge in [0.15, 0.2) is 11.2 Å². The summed E-state index contributed by atoms with van der Waals surface area (Å²) in [6.45, 7) is 6.47. The molecule has 6 nitrogen and oxygen atoms in total. The molecular formula is C17H26N4O2. The second-order valence-electron chi connectivity index (χ2n) is 6.58. The highest BCUT2D eigenvalue weighted by atomic mass is 16.2. The van der Waals surface area contributed by atoms with E-state index in [0.717, 1.165) is 31.5 Å². The Kier molecular flexibility index (Phi) is 5.23. The number of imidazole rings is 1. The Labute approximate surface area is 135 Å². The van der Waals surface area contributed by atoms with Crippen LogP contribution < -0.4 is 11.2 Å². The number of nitrogens with one attached hydrogen (secondary N) is 1. The van der Waals surface area contributed by atoms with Crippen LogP contribution in [0.4, 0.5) is 0 Å². The molecule has 6 heteroatoms. The molecule has 0 unspecified atom stereocenters. The van der Waals surface area contributed by atoms with Crippen molar-refractivity contribution in [2.45, 2.75) is 46.5 Å². The number of aromatic amines is 1. The van der Waals surface area contributed by atoms with Crippen LogP contribution in [0.3, 0.4) is 0 Å². The second-order valence-corrected chi connectivity index (χ2v) is 6.58. The van der Waals surface area contributed by atoms with Gasteiger partial charge in [-0.2, -0.15) is 0 Å². The predicted molar refractivity (Wildman–Crippen MR) is 92.7 cm³/mol. The molecule has 0 aliphatic heterocycles. The van der Waals surface area contributed by atoms with Crippen molar-refractivity contribution in [2.75, 3.05) is 0 Å². The van der Waals surface area contributed by atoms with Gasteiger partial charge >= 0.3 is 5.69 Å². The average molecular weight is 318 g/mol. The molecule has 0 aliphatic carbocycles. The third kappa shape index (κ3) is 3.81. The number of aryl methyl sites for hydroxylation is 3. The molecule has 1 N–H and O–H groups in total. The number of hydrogen-bond donors (Lipinski definition) is 1. The van der Waals surface area contributed by atoms with Crippen molar-refractivity contribution >= 4 is 11.2 Å². The van der Waals surface area contributed by atoms with Gasteiger partial charge in [-0.3, -0.25) is 14.3 Å². The third-order valence-electron chi connectivity index (χ3n) is 4.30. The number of allylic oxidation sites excluding steroid dienone is 2. The number of rotatable bonds is 6. The number of H-pyrrole nitrogens is 1. The predicted octanol–water partition coefficient (Wildman–Crippen LogP) is 2.28. The van der Waals surface area contributed by atoms with E-state index in [4.69, 9.17) is 0 Å². The molecule has 0 saturated carbocycles. The molecule has 126 valence electrons. The van der Waals surface area contributed by atoms with Gasteiger partial charge in [0.05, 0.1) is 0 Å². The van der Waals surface area contributed by atoms with E-state index in [1.54, 1.807) is 11.6 Å². The van der Waals surface area contributed by atoms with Crippen LogP contribution in [0.1, 0.15) is 45.9 Å². The Hall–Kier alpha value is -2.11. The summed E-state index contributed by atoms with van der Waals surface area (Å²) in [5.74, 6) is 1.44. The quantitative estimate of drug-likeness (QED) is 0.830. The van der Waals surface area contributed by atoms with E-state index >= 15 is 0 Å². The van der Waals surface area contributed by atoms with Crippen molar-refractivity contribution in [1.29, 1.82) is 0 Å². The number of nitrogens with zero attached hydrogens (tertiary/aromatic N) is 3. The molecule has 0 spiro atoms. The molecule has 0 aliphatic rings. The van der Waals surface area contributed by atoms with E-state index in [2.05, 4.69) is 36.8 Å². The molecule has 0 radical (unpaired) electrons. The van der Waals surface area contributed by atoms with Gasteiger partial charge in [-0.15, -0.1) is 0 Å². The van der Waals surface area contributed by atoms with E-state index in [0.29, 0.717) is 17.1 Å². The lowest BCUT2D eigenvalue weighted by molar-refractivity contribution is 0.487. The molecule has 23 heavy (non-hydrogen) atoms. The van der Waals surface area contributed by atoms with Crippen LogP contribution in [0, 0.1) is 5.92 Å². The Morgan fingerprint density at radius 2 is 1.91 bits per heavy atom. The van der Waals surface area contributed by atoms with E-state index < -0.39 is 5.69 Å². The Balaban J connectivity index is 2.15. The minimum Gasteiger partial charge on any atom is -0.325 e. The van der Waals surface area contributed by atoms with Gasteiger partial charge in [-0.25, -0.2) is 9.78 Å². The Morgan fingerprint density at radius 1 is 1.22 bits per heavy atom. The van der Waals surface area contributed by atoms with Crippen molar-refractivity contribution < 1.29 is 0 Å². The summed E-state index contributed by atoms with van der Waals surface area (Å²) in [6, 6.07) is 0. The maximum Gasteiger partial charge on any atom is 0.329 e. The molecule has 2 aromatic heterocycles. The SMILES string of the molecule is CC(C)=CCC[C@@H](C)CCc1nc2c(c(=O)[nH]c(=O)n2C)n1C. The zero-order chi connectivity index (χ0) is 17.1. The first-order chi connectivity index (χ1) is 10.8. The van der Waals surface area contributed by atoms with Gasteiger partial charge in [0.25, 0.3) is 5.56 Å². The van der Waals surface area contributed by atoms with Gasteiger partial charge in [-0.1, -0.05) is 18.6 Å². The molecule has 1 atom stereocenters. The van der Waals surface area contributed by atoms with Crippen LogP contribution in [0.25, 0.3) is 11.2 Å². The van der Waals surface area contributed by atoms with Crippen molar-refractivity contribution in [1.82, 2.24) is 19.1 Å². The van der Waals surface area contributed by atoms with Crippen molar-refractivity contribution in [3.05, 3.63) is 38.3 Å². The highest BCUT2D eigenvalue weighted by Crippen LogP contribution is 2.16. The third-order valence-corrected chi connectivity index (χ3v) is 4.30. The minimum absolute atomic E-state index is 0.374. The van der Waals surface area contributed by atoms with Gasteiger partial charge in [0.2, 0.25) is 0 Å². The first-order valence-corrected chi connectivity index (χ1v) is 8.09. The smallest absolute Gasteiger partial charge is 0.325 e. The van der Waals surface area contributed by atoms with Gasteiger partial charge in [0.1, 0.15) is 5.82 Å². The molecule has 2 heterocycles. The highest BCUT2D eigenvalue weighted by Gasteiger charge is 2.15. The zero-order valence-electron chi connectivity index (χ0n) is 14.6. The van der Waals surface area contributed by atoms with Crippen LogP contribution in [0.2, 0.25) is 0 Å². The van der Waals surface area contributed by atoms with Crippen LogP contribution in [0.5, 0.6) is 0 Å². The molecule has 0 saturated heterocycles. The lowest BCUT2D eigenvalue weighted by Gasteiger charge is -2.09. The normalized spacial score (nSPS) is 12.6. The maximum absolute atomic E-state index is 12.0. The first-order valence-electron chi connectivity index (χ1n) is 8.09. The largest absolute Gasteiger partial charge is 0.329 e. The lowest BCUT2D eigenvalue weighted by Crippen LogP contribution is -2.29. The van der Waals surface area contributed by atoms with E-state index in [-0.39, 0.29) is 5.56 Å². The molecule has 2 rings (SSSR count). The molecule has 0 aromatic carbocycles. The monoisotopic (exact) mass is 318 g/mol. The average Bonchev–Trinajstić information content (AvgIpc) is 2.80. The van der Waals surface area contributed by atoms with Crippen molar-refractivity contribution in [2.24, 2.45) is 20.0 Å². The Bertz CT molecular complexity index is 835. The summed E-state index contributed by atoms with van der Waals surface area (Å²) in [5, 5.41) is 0. The van der Waals surface area contributed by atoms with Gasteiger partial charge in [-0.05, 0) is 39.0 Å². The molecule has 0 bridgehead atoms. The number of aromatic nitrogens is 4. The molecule has 0 amide bonds. The standard InChI is InChI=1S/C17H26N4O2/c1-11(2)7-6-8-12(3)9-10-13-18-15-14(20(13)4)16(22)19-17(23)21(15)5/h7,12H,6,8-10H2,1-5H3,(H,19,22,23)/t12-/m1/s1. The summed E-state index contributed by atoms with van der Waals surface area (Å²) in [6.07, 6.45) is 6.32. The summed E-state index contributed by atoms with van der Waals surface area (Å²) < 4.78 is 3.19. The zero-order valence-corrected chi connectivity index (χ0v) is 14.6. The molecule has 2 aromatic rings. The van der Waals surface area contributed by atoms with E-state index in [1.165, 1.54) is 10.1 Å². The van der Waals surface area contributed by atoms with Crippen molar-refractivity contribution in [3.8, 4) is 0 Å². The van der Waals surface area contributed by atoms with Crippen LogP contribution in [-0.4, -0.2) is 19.1 Å². The molecule has 0 fully saturated rings. The van der Waals surface area contributed by atoms with Crippen LogP contribution in [0.15, 0.2) is 21.2 Å². The summed E-state index contributed by atoms with van der Waals surface area (Å²) in [5.41, 5.74) is 1.46. The van der Waals surface area contributed by atoms with E-state index in [9.17, 15) is 9.59 Å². The summed E-state index contributed by atoms with van der Waals surface area (Å²) in [4.78, 5) is 30.5. The second kappa shape index (κ2) is 6.98. The van der Waals surface area contributed by atoms with Crippen LogP contribution >= 0.6 is 0 Å². The lowest BCUT2D eigenvalue weighted by atomic mass is 9.99. The van der Waals surface area contributed by atoms with Gasteiger partial charge in [0, 0.05) is 20.5 Å². The highest BCUT2D eigenvalue weighted by molar-refractivity contribution is 5.70. The van der Waals surface area contributed by atoms with Crippen LogP contribution in [-0.2, 0) is 20.5 Å². The molecular weight excluding hydrogens is 292 g/mol. The fraction of sp³-hybridized carbons (Fsp3) is 0.588. The summed E-state index contributed by atoms with van der Waals surface area (Å²) in [7, 11) is 3.46. The number of hydrogen-bond acceptors (Lipinski definition) is 3. The fourth-order valence-electron chi connectivity index (χ4n) is 2.75. The topological polar surface area (TPSA) is 72.7 Å².